The van der Waals surface area contributed by atoms with Crippen LogP contribution in [0.2, 0.25) is 0 Å². The van der Waals surface area contributed by atoms with Crippen molar-refractivity contribution in [3.63, 3.8) is 0 Å². The Balaban J connectivity index is 1.75. The number of rotatable bonds is 3. The van der Waals surface area contributed by atoms with Crippen molar-refractivity contribution >= 4 is 29.1 Å². The lowest BCUT2D eigenvalue weighted by atomic mass is 9.97. The number of hydrogen-bond acceptors (Lipinski definition) is 5. The number of likely N-dealkylation sites (tertiary alicyclic amines) is 1. The number of hydrogen-bond donors (Lipinski definition) is 0. The van der Waals surface area contributed by atoms with Gasteiger partial charge in [-0.1, -0.05) is 30.0 Å². The van der Waals surface area contributed by atoms with Crippen LogP contribution in [0.25, 0.3) is 0 Å². The first-order valence-corrected chi connectivity index (χ1v) is 9.98. The number of benzene rings is 2. The van der Waals surface area contributed by atoms with Crippen LogP contribution in [-0.2, 0) is 4.79 Å². The number of ether oxygens (including phenoxy) is 1. The molecular formula is C21H24N2O2S. The summed E-state index contributed by atoms with van der Waals surface area (Å²) in [4.78, 5) is 18.8. The number of esters is 1. The summed E-state index contributed by atoms with van der Waals surface area (Å²) in [6, 6.07) is 14.5. The number of para-hydroxylation sites is 2. The number of fused-ring (bicyclic) bond motifs is 2. The van der Waals surface area contributed by atoms with Crippen molar-refractivity contribution in [2.75, 3.05) is 31.6 Å². The van der Waals surface area contributed by atoms with Gasteiger partial charge in [0.1, 0.15) is 0 Å². The number of piperidine rings is 1. The van der Waals surface area contributed by atoms with Crippen molar-refractivity contribution < 1.29 is 9.53 Å². The second kappa shape index (κ2) is 7.33. The zero-order valence-corrected chi connectivity index (χ0v) is 16.1. The average Bonchev–Trinajstić information content (AvgIpc) is 2.61. The van der Waals surface area contributed by atoms with Crippen LogP contribution in [0.4, 0.5) is 11.4 Å². The Morgan fingerprint density at radius 2 is 2.00 bits per heavy atom. The van der Waals surface area contributed by atoms with Gasteiger partial charge in [0.15, 0.2) is 5.75 Å². The van der Waals surface area contributed by atoms with E-state index in [2.05, 4.69) is 47.2 Å². The van der Waals surface area contributed by atoms with Crippen LogP contribution in [-0.4, -0.2) is 37.6 Å². The predicted molar refractivity (Wildman–Crippen MR) is 106 cm³/mol. The lowest BCUT2D eigenvalue weighted by Gasteiger charge is -2.38. The van der Waals surface area contributed by atoms with Crippen LogP contribution in [0.1, 0.15) is 19.8 Å². The van der Waals surface area contributed by atoms with Crippen molar-refractivity contribution in [3.8, 4) is 5.75 Å². The van der Waals surface area contributed by atoms with Crippen LogP contribution < -0.4 is 9.64 Å². The van der Waals surface area contributed by atoms with Crippen LogP contribution in [0.5, 0.6) is 5.75 Å². The molecule has 0 bridgehead atoms. The van der Waals surface area contributed by atoms with E-state index in [1.54, 1.807) is 11.8 Å². The first-order chi connectivity index (χ1) is 12.6. The molecule has 0 amide bonds. The van der Waals surface area contributed by atoms with E-state index in [4.69, 9.17) is 4.74 Å². The Morgan fingerprint density at radius 1 is 1.19 bits per heavy atom. The average molecular weight is 369 g/mol. The Bertz CT molecular complexity index is 823. The smallest absolute Gasteiger partial charge is 0.308 e. The predicted octanol–water partition coefficient (Wildman–Crippen LogP) is 4.56. The van der Waals surface area contributed by atoms with Crippen molar-refractivity contribution in [1.82, 2.24) is 4.90 Å². The van der Waals surface area contributed by atoms with Gasteiger partial charge in [-0.15, -0.1) is 0 Å². The van der Waals surface area contributed by atoms with Crippen molar-refractivity contribution in [2.45, 2.75) is 29.6 Å². The highest BCUT2D eigenvalue weighted by Crippen LogP contribution is 2.52. The monoisotopic (exact) mass is 368 g/mol. The number of carbonyl (C=O) groups excluding carboxylic acids is 1. The van der Waals surface area contributed by atoms with Crippen molar-refractivity contribution in [3.05, 3.63) is 42.5 Å². The summed E-state index contributed by atoms with van der Waals surface area (Å²) in [5, 5.41) is 0. The van der Waals surface area contributed by atoms with Crippen LogP contribution in [0.3, 0.4) is 0 Å². The third-order valence-corrected chi connectivity index (χ3v) is 6.14. The van der Waals surface area contributed by atoms with Gasteiger partial charge in [0.25, 0.3) is 0 Å². The highest BCUT2D eigenvalue weighted by molar-refractivity contribution is 7.99. The molecule has 2 aliphatic heterocycles. The molecule has 1 atom stereocenters. The molecule has 0 spiro atoms. The van der Waals surface area contributed by atoms with Gasteiger partial charge in [-0.25, -0.2) is 0 Å². The van der Waals surface area contributed by atoms with E-state index >= 15 is 0 Å². The third kappa shape index (κ3) is 3.46. The van der Waals surface area contributed by atoms with Crippen LogP contribution >= 0.6 is 11.8 Å². The van der Waals surface area contributed by atoms with Gasteiger partial charge in [-0.05, 0) is 56.6 Å². The molecule has 2 heterocycles. The molecule has 4 rings (SSSR count). The van der Waals surface area contributed by atoms with E-state index < -0.39 is 0 Å². The Morgan fingerprint density at radius 3 is 2.81 bits per heavy atom. The number of anilines is 2. The topological polar surface area (TPSA) is 32.8 Å². The van der Waals surface area contributed by atoms with Gasteiger partial charge in [0.05, 0.1) is 11.4 Å². The first kappa shape index (κ1) is 17.4. The Hall–Kier alpha value is -1.98. The fourth-order valence-corrected chi connectivity index (χ4v) is 5.08. The molecule has 0 aromatic heterocycles. The lowest BCUT2D eigenvalue weighted by molar-refractivity contribution is -0.131. The highest BCUT2D eigenvalue weighted by Gasteiger charge is 2.30. The summed E-state index contributed by atoms with van der Waals surface area (Å²) in [7, 11) is 2.20. The minimum absolute atomic E-state index is 0.278. The quantitative estimate of drug-likeness (QED) is 0.586. The molecule has 0 radical (unpaired) electrons. The molecule has 0 saturated carbocycles. The maximum atomic E-state index is 11.6. The summed E-state index contributed by atoms with van der Waals surface area (Å²) < 4.78 is 5.56. The lowest BCUT2D eigenvalue weighted by Crippen LogP contribution is -2.38. The van der Waals surface area contributed by atoms with Gasteiger partial charge >= 0.3 is 5.97 Å². The fraction of sp³-hybridized carbons (Fsp3) is 0.381. The minimum atomic E-state index is -0.278. The van der Waals surface area contributed by atoms with E-state index in [1.807, 2.05) is 12.1 Å². The third-order valence-electron chi connectivity index (χ3n) is 5.02. The fourth-order valence-electron chi connectivity index (χ4n) is 3.96. The normalized spacial score (nSPS) is 19.6. The molecule has 0 aliphatic carbocycles. The molecule has 2 aromatic rings. The molecule has 2 aliphatic rings. The summed E-state index contributed by atoms with van der Waals surface area (Å²) in [6.45, 7) is 4.69. The summed E-state index contributed by atoms with van der Waals surface area (Å²) >= 11 is 1.75. The van der Waals surface area contributed by atoms with E-state index in [-0.39, 0.29) is 5.97 Å². The van der Waals surface area contributed by atoms with E-state index in [0.717, 1.165) is 23.7 Å². The number of carbonyl (C=O) groups is 1. The second-order valence-electron chi connectivity index (χ2n) is 7.15. The van der Waals surface area contributed by atoms with Crippen molar-refractivity contribution in [2.24, 2.45) is 5.92 Å². The summed E-state index contributed by atoms with van der Waals surface area (Å²) in [5.41, 5.74) is 2.23. The van der Waals surface area contributed by atoms with Gasteiger partial charge in [-0.3, -0.25) is 4.79 Å². The van der Waals surface area contributed by atoms with Gasteiger partial charge < -0.3 is 14.5 Å². The Kier molecular flexibility index (Phi) is 4.92. The SMILES string of the molecule is CC(=O)Oc1cccc2c1N(CC1CCCN(C)C1)c1ccccc1S2. The molecule has 1 fully saturated rings. The molecule has 4 nitrogen and oxygen atoms in total. The van der Waals surface area contributed by atoms with Gasteiger partial charge in [0, 0.05) is 29.8 Å². The zero-order chi connectivity index (χ0) is 18.1. The maximum absolute atomic E-state index is 11.6. The molecule has 5 heteroatoms. The van der Waals surface area contributed by atoms with Gasteiger partial charge in [-0.2, -0.15) is 0 Å². The highest BCUT2D eigenvalue weighted by atomic mass is 32.2. The zero-order valence-electron chi connectivity index (χ0n) is 15.3. The van der Waals surface area contributed by atoms with E-state index in [0.29, 0.717) is 11.7 Å². The van der Waals surface area contributed by atoms with Crippen LogP contribution in [0.15, 0.2) is 52.3 Å². The van der Waals surface area contributed by atoms with E-state index in [1.165, 1.54) is 36.9 Å². The standard InChI is InChI=1S/C21H24N2O2S/c1-15(24)25-18-9-5-11-20-21(18)23(14-16-7-6-12-22(2)13-16)17-8-3-4-10-19(17)26-20/h3-5,8-11,16H,6-7,12-14H2,1-2H3. The van der Waals surface area contributed by atoms with Crippen molar-refractivity contribution in [1.29, 1.82) is 0 Å². The van der Waals surface area contributed by atoms with Gasteiger partial charge in [0.2, 0.25) is 0 Å². The molecule has 2 aromatic carbocycles. The summed E-state index contributed by atoms with van der Waals surface area (Å²) in [5.74, 6) is 0.976. The molecule has 1 unspecified atom stereocenters. The number of nitrogens with zero attached hydrogens (tertiary/aromatic N) is 2. The van der Waals surface area contributed by atoms with Crippen LogP contribution in [0, 0.1) is 5.92 Å². The largest absolute Gasteiger partial charge is 0.424 e. The molecular weight excluding hydrogens is 344 g/mol. The summed E-state index contributed by atoms with van der Waals surface area (Å²) in [6.07, 6.45) is 2.48. The first-order valence-electron chi connectivity index (χ1n) is 9.16. The minimum Gasteiger partial charge on any atom is -0.424 e. The second-order valence-corrected chi connectivity index (χ2v) is 8.23. The molecule has 0 N–H and O–H groups in total. The molecule has 26 heavy (non-hydrogen) atoms. The Labute approximate surface area is 159 Å². The van der Waals surface area contributed by atoms with E-state index in [9.17, 15) is 4.79 Å². The maximum Gasteiger partial charge on any atom is 0.308 e. The molecule has 136 valence electrons. The molecule has 1 saturated heterocycles.